The number of nitrogens with one attached hydrogen (secondary N) is 1. The average Bonchev–Trinajstić information content (AvgIpc) is 3.05. The third kappa shape index (κ3) is 3.19. The van der Waals surface area contributed by atoms with Crippen molar-refractivity contribution in [2.45, 2.75) is 19.9 Å². The Balaban J connectivity index is 1.94. The van der Waals surface area contributed by atoms with E-state index in [9.17, 15) is 5.26 Å². The number of hydrogen-bond acceptors (Lipinski definition) is 6. The highest BCUT2D eigenvalue weighted by molar-refractivity contribution is 5.67. The van der Waals surface area contributed by atoms with Crippen LogP contribution in [-0.4, -0.2) is 21.2 Å². The first-order valence-corrected chi connectivity index (χ1v) is 7.22. The summed E-state index contributed by atoms with van der Waals surface area (Å²) in [6.07, 6.45) is 3.34. The minimum atomic E-state index is 0.244. The third-order valence-corrected chi connectivity index (χ3v) is 3.16. The van der Waals surface area contributed by atoms with E-state index >= 15 is 0 Å². The van der Waals surface area contributed by atoms with Crippen LogP contribution < -0.4 is 5.32 Å². The number of rotatable bonds is 4. The molecule has 3 aromatic rings. The molecule has 23 heavy (non-hydrogen) atoms. The van der Waals surface area contributed by atoms with Crippen molar-refractivity contribution in [3.05, 3.63) is 48.3 Å². The molecule has 0 aliphatic rings. The lowest BCUT2D eigenvalue weighted by molar-refractivity contribution is 0.584. The highest BCUT2D eigenvalue weighted by Crippen LogP contribution is 2.27. The van der Waals surface area contributed by atoms with E-state index in [2.05, 4.69) is 26.6 Å². The van der Waals surface area contributed by atoms with E-state index < -0.39 is 0 Å². The molecule has 0 saturated heterocycles. The highest BCUT2D eigenvalue weighted by Gasteiger charge is 2.13. The van der Waals surface area contributed by atoms with Crippen LogP contribution in [0, 0.1) is 11.3 Å². The number of nitrogens with zero attached hydrogens (tertiary/aromatic N) is 4. The van der Waals surface area contributed by atoms with E-state index in [1.54, 1.807) is 24.5 Å². The van der Waals surface area contributed by atoms with E-state index in [0.717, 1.165) is 11.3 Å². The molecule has 0 radical (unpaired) electrons. The van der Waals surface area contributed by atoms with Gasteiger partial charge in [-0.1, -0.05) is 0 Å². The quantitative estimate of drug-likeness (QED) is 0.793. The molecule has 2 aromatic heterocycles. The lowest BCUT2D eigenvalue weighted by atomic mass is 10.1. The zero-order chi connectivity index (χ0) is 16.2. The smallest absolute Gasteiger partial charge is 0.249 e. The molecular formula is C17H15N5O. The molecule has 6 nitrogen and oxygen atoms in total. The normalized spacial score (nSPS) is 10.5. The number of anilines is 1. The summed E-state index contributed by atoms with van der Waals surface area (Å²) < 4.78 is 5.68. The first kappa shape index (κ1) is 14.7. The van der Waals surface area contributed by atoms with Crippen molar-refractivity contribution in [2.24, 2.45) is 0 Å². The van der Waals surface area contributed by atoms with Crippen LogP contribution >= 0.6 is 0 Å². The van der Waals surface area contributed by atoms with Gasteiger partial charge in [-0.15, -0.1) is 10.2 Å². The van der Waals surface area contributed by atoms with E-state index in [0.29, 0.717) is 22.9 Å². The van der Waals surface area contributed by atoms with Crippen LogP contribution in [-0.2, 0) is 0 Å². The fourth-order valence-electron chi connectivity index (χ4n) is 2.15. The van der Waals surface area contributed by atoms with Crippen LogP contribution in [0.15, 0.2) is 47.1 Å². The minimum Gasteiger partial charge on any atom is -0.416 e. The van der Waals surface area contributed by atoms with Crippen LogP contribution in [0.5, 0.6) is 0 Å². The van der Waals surface area contributed by atoms with E-state index in [1.807, 2.05) is 32.0 Å². The molecule has 6 heteroatoms. The molecule has 2 heterocycles. The fourth-order valence-corrected chi connectivity index (χ4v) is 2.15. The molecule has 114 valence electrons. The van der Waals surface area contributed by atoms with Crippen molar-refractivity contribution >= 4 is 5.69 Å². The van der Waals surface area contributed by atoms with Crippen LogP contribution in [0.4, 0.5) is 5.69 Å². The number of hydrogen-bond donors (Lipinski definition) is 1. The molecule has 1 N–H and O–H groups in total. The molecule has 0 spiro atoms. The first-order chi connectivity index (χ1) is 11.2. The Morgan fingerprint density at radius 2 is 1.91 bits per heavy atom. The van der Waals surface area contributed by atoms with Gasteiger partial charge >= 0.3 is 0 Å². The van der Waals surface area contributed by atoms with Gasteiger partial charge in [-0.3, -0.25) is 4.98 Å². The summed E-state index contributed by atoms with van der Waals surface area (Å²) in [7, 11) is 0. The number of pyridine rings is 1. The third-order valence-electron chi connectivity index (χ3n) is 3.16. The van der Waals surface area contributed by atoms with Crippen LogP contribution in [0.25, 0.3) is 22.9 Å². The second kappa shape index (κ2) is 6.28. The zero-order valence-electron chi connectivity index (χ0n) is 12.8. The Labute approximate surface area is 133 Å². The molecule has 0 saturated carbocycles. The SMILES string of the molecule is CC(C)Nc1ccc(-c2nnc(-c3cccnc3)o2)cc1C#N. The van der Waals surface area contributed by atoms with Gasteiger partial charge in [0.05, 0.1) is 16.8 Å². The van der Waals surface area contributed by atoms with Crippen LogP contribution in [0.3, 0.4) is 0 Å². The summed E-state index contributed by atoms with van der Waals surface area (Å²) in [6, 6.07) is 11.5. The Kier molecular flexibility index (Phi) is 4.02. The summed E-state index contributed by atoms with van der Waals surface area (Å²) >= 11 is 0. The van der Waals surface area contributed by atoms with Crippen LogP contribution in [0.2, 0.25) is 0 Å². The standard InChI is InChI=1S/C17H15N5O/c1-11(2)20-15-6-5-12(8-14(15)9-18)16-21-22-17(23-16)13-4-3-7-19-10-13/h3-8,10-11,20H,1-2H3. The van der Waals surface area contributed by atoms with Gasteiger partial charge in [-0.25, -0.2) is 0 Å². The lowest BCUT2D eigenvalue weighted by Crippen LogP contribution is -2.10. The van der Waals surface area contributed by atoms with Crippen molar-refractivity contribution in [1.82, 2.24) is 15.2 Å². The number of aromatic nitrogens is 3. The van der Waals surface area contributed by atoms with E-state index in [-0.39, 0.29) is 6.04 Å². The summed E-state index contributed by atoms with van der Waals surface area (Å²) in [6.45, 7) is 4.04. The molecule has 3 rings (SSSR count). The largest absolute Gasteiger partial charge is 0.416 e. The Bertz CT molecular complexity index is 849. The average molecular weight is 305 g/mol. The van der Waals surface area contributed by atoms with Gasteiger partial charge in [0.1, 0.15) is 6.07 Å². The van der Waals surface area contributed by atoms with Gasteiger partial charge < -0.3 is 9.73 Å². The topological polar surface area (TPSA) is 87.6 Å². The predicted octanol–water partition coefficient (Wildman–Crippen LogP) is 3.49. The van der Waals surface area contributed by atoms with Crippen molar-refractivity contribution < 1.29 is 4.42 Å². The zero-order valence-corrected chi connectivity index (χ0v) is 12.8. The molecule has 0 atom stereocenters. The summed E-state index contributed by atoms with van der Waals surface area (Å²) in [5.74, 6) is 0.771. The molecule has 0 aliphatic heterocycles. The van der Waals surface area contributed by atoms with Crippen molar-refractivity contribution in [3.8, 4) is 29.0 Å². The number of benzene rings is 1. The predicted molar refractivity (Wildman–Crippen MR) is 86.4 cm³/mol. The van der Waals surface area contributed by atoms with Gasteiger partial charge in [0.2, 0.25) is 11.8 Å². The molecule has 1 aromatic carbocycles. The van der Waals surface area contributed by atoms with Gasteiger partial charge in [0, 0.05) is 24.0 Å². The van der Waals surface area contributed by atoms with Crippen molar-refractivity contribution in [2.75, 3.05) is 5.32 Å². The van der Waals surface area contributed by atoms with E-state index in [1.165, 1.54) is 0 Å². The van der Waals surface area contributed by atoms with E-state index in [4.69, 9.17) is 4.42 Å². The minimum absolute atomic E-state index is 0.244. The Morgan fingerprint density at radius 3 is 2.57 bits per heavy atom. The molecule has 0 unspecified atom stereocenters. The Morgan fingerprint density at radius 1 is 1.13 bits per heavy atom. The molecular weight excluding hydrogens is 290 g/mol. The highest BCUT2D eigenvalue weighted by atomic mass is 16.4. The van der Waals surface area contributed by atoms with Gasteiger partial charge in [-0.2, -0.15) is 5.26 Å². The molecule has 0 aliphatic carbocycles. The number of nitriles is 1. The maximum atomic E-state index is 9.32. The summed E-state index contributed by atoms with van der Waals surface area (Å²) in [5, 5.41) is 20.6. The monoisotopic (exact) mass is 305 g/mol. The second-order valence-corrected chi connectivity index (χ2v) is 5.33. The molecule has 0 amide bonds. The van der Waals surface area contributed by atoms with Gasteiger partial charge in [0.15, 0.2) is 0 Å². The van der Waals surface area contributed by atoms with Crippen LogP contribution in [0.1, 0.15) is 19.4 Å². The first-order valence-electron chi connectivity index (χ1n) is 7.22. The maximum absolute atomic E-state index is 9.32. The maximum Gasteiger partial charge on any atom is 0.249 e. The Hall–Kier alpha value is -3.20. The second-order valence-electron chi connectivity index (χ2n) is 5.33. The molecule has 0 bridgehead atoms. The van der Waals surface area contributed by atoms with Crippen molar-refractivity contribution in [1.29, 1.82) is 5.26 Å². The lowest BCUT2D eigenvalue weighted by Gasteiger charge is -2.11. The fraction of sp³-hybridized carbons (Fsp3) is 0.176. The van der Waals surface area contributed by atoms with Crippen molar-refractivity contribution in [3.63, 3.8) is 0 Å². The summed E-state index contributed by atoms with van der Waals surface area (Å²) in [4.78, 5) is 4.03. The summed E-state index contributed by atoms with van der Waals surface area (Å²) in [5.41, 5.74) is 2.79. The van der Waals surface area contributed by atoms with Gasteiger partial charge in [-0.05, 0) is 44.2 Å². The molecule has 0 fully saturated rings. The van der Waals surface area contributed by atoms with Gasteiger partial charge in [0.25, 0.3) is 0 Å².